The summed E-state index contributed by atoms with van der Waals surface area (Å²) in [7, 11) is 0. The molecule has 0 aliphatic rings. The number of carbonyl (C=O) groups excluding carboxylic acids is 1. The van der Waals surface area contributed by atoms with Crippen LogP contribution < -0.4 is 10.9 Å². The Morgan fingerprint density at radius 2 is 2.07 bits per heavy atom. The molecule has 0 radical (unpaired) electrons. The van der Waals surface area contributed by atoms with Gasteiger partial charge in [-0.3, -0.25) is 5.43 Å². The van der Waals surface area contributed by atoms with Crippen LogP contribution in [-0.2, 0) is 4.74 Å². The van der Waals surface area contributed by atoms with Crippen LogP contribution in [0.3, 0.4) is 0 Å². The van der Waals surface area contributed by atoms with E-state index in [4.69, 9.17) is 14.9 Å². The van der Waals surface area contributed by atoms with Crippen LogP contribution in [0.15, 0.2) is 0 Å². The normalized spacial score (nSPS) is 13.5. The van der Waals surface area contributed by atoms with Crippen molar-refractivity contribution in [1.82, 2.24) is 10.9 Å². The second kappa shape index (κ2) is 5.79. The van der Waals surface area contributed by atoms with Gasteiger partial charge in [-0.05, 0) is 20.8 Å². The highest BCUT2D eigenvalue weighted by atomic mass is 16.6. The zero-order valence-corrected chi connectivity index (χ0v) is 8.70. The summed E-state index contributed by atoms with van der Waals surface area (Å²) in [6, 6.07) is 0. The number of ether oxygens (including phenoxy) is 1. The van der Waals surface area contributed by atoms with Gasteiger partial charge in [0, 0.05) is 6.54 Å². The molecule has 84 valence electrons. The predicted molar refractivity (Wildman–Crippen MR) is 50.5 cm³/mol. The van der Waals surface area contributed by atoms with Crippen LogP contribution in [0.4, 0.5) is 4.79 Å². The van der Waals surface area contributed by atoms with E-state index in [2.05, 4.69) is 10.9 Å². The number of hydrazine groups is 1. The van der Waals surface area contributed by atoms with E-state index < -0.39 is 17.8 Å². The molecule has 0 aliphatic heterocycles. The van der Waals surface area contributed by atoms with E-state index in [0.29, 0.717) is 0 Å². The summed E-state index contributed by atoms with van der Waals surface area (Å²) in [4.78, 5) is 11.0. The first-order valence-electron chi connectivity index (χ1n) is 4.36. The molecule has 1 atom stereocenters. The van der Waals surface area contributed by atoms with E-state index in [1.165, 1.54) is 0 Å². The SMILES string of the molecule is CC(C)(C)OC(=O)NNC[C@H](O)CO. The minimum Gasteiger partial charge on any atom is -0.443 e. The summed E-state index contributed by atoms with van der Waals surface area (Å²) < 4.78 is 4.90. The average molecular weight is 206 g/mol. The van der Waals surface area contributed by atoms with Crippen LogP contribution in [0, 0.1) is 0 Å². The maximum atomic E-state index is 11.0. The molecule has 1 amide bonds. The highest BCUT2D eigenvalue weighted by Gasteiger charge is 2.15. The third-order valence-electron chi connectivity index (χ3n) is 1.14. The van der Waals surface area contributed by atoms with Gasteiger partial charge in [0.25, 0.3) is 0 Å². The van der Waals surface area contributed by atoms with Gasteiger partial charge in [0.2, 0.25) is 0 Å². The lowest BCUT2D eigenvalue weighted by atomic mass is 10.2. The van der Waals surface area contributed by atoms with Crippen LogP contribution in [0.5, 0.6) is 0 Å². The maximum absolute atomic E-state index is 11.0. The van der Waals surface area contributed by atoms with Crippen molar-refractivity contribution in [2.45, 2.75) is 32.5 Å². The Labute approximate surface area is 83.2 Å². The fourth-order valence-corrected chi connectivity index (χ4v) is 0.609. The van der Waals surface area contributed by atoms with Crippen LogP contribution >= 0.6 is 0 Å². The molecule has 0 aromatic carbocycles. The van der Waals surface area contributed by atoms with Crippen molar-refractivity contribution in [3.63, 3.8) is 0 Å². The molecule has 0 unspecified atom stereocenters. The number of hydrogen-bond donors (Lipinski definition) is 4. The number of amides is 1. The van der Waals surface area contributed by atoms with E-state index >= 15 is 0 Å². The van der Waals surface area contributed by atoms with Gasteiger partial charge in [0.1, 0.15) is 5.60 Å². The lowest BCUT2D eigenvalue weighted by molar-refractivity contribution is 0.0463. The quantitative estimate of drug-likeness (QED) is 0.460. The lowest BCUT2D eigenvalue weighted by Crippen LogP contribution is -2.44. The van der Waals surface area contributed by atoms with Gasteiger partial charge in [-0.15, -0.1) is 0 Å². The number of carbonyl (C=O) groups is 1. The van der Waals surface area contributed by atoms with E-state index in [-0.39, 0.29) is 13.2 Å². The Balaban J connectivity index is 3.55. The van der Waals surface area contributed by atoms with Gasteiger partial charge in [-0.25, -0.2) is 10.2 Å². The van der Waals surface area contributed by atoms with Crippen molar-refractivity contribution >= 4 is 6.09 Å². The van der Waals surface area contributed by atoms with Gasteiger partial charge >= 0.3 is 6.09 Å². The molecule has 0 spiro atoms. The molecule has 6 heteroatoms. The molecular formula is C8H18N2O4. The minimum atomic E-state index is -0.898. The van der Waals surface area contributed by atoms with Crippen molar-refractivity contribution < 1.29 is 19.7 Å². The number of nitrogens with one attached hydrogen (secondary N) is 2. The molecule has 0 fully saturated rings. The Kier molecular flexibility index (Phi) is 5.44. The monoisotopic (exact) mass is 206 g/mol. The van der Waals surface area contributed by atoms with Gasteiger partial charge in [0.05, 0.1) is 12.7 Å². The molecule has 6 nitrogen and oxygen atoms in total. The Hall–Kier alpha value is -0.850. The maximum Gasteiger partial charge on any atom is 0.422 e. The Morgan fingerprint density at radius 3 is 2.50 bits per heavy atom. The zero-order valence-electron chi connectivity index (χ0n) is 8.70. The number of hydrogen-bond acceptors (Lipinski definition) is 5. The fraction of sp³-hybridized carbons (Fsp3) is 0.875. The summed E-state index contributed by atoms with van der Waals surface area (Å²) in [5, 5.41) is 17.4. The van der Waals surface area contributed by atoms with E-state index in [0.717, 1.165) is 0 Å². The largest absolute Gasteiger partial charge is 0.443 e. The molecule has 0 heterocycles. The third-order valence-corrected chi connectivity index (χ3v) is 1.14. The summed E-state index contributed by atoms with van der Waals surface area (Å²) >= 11 is 0. The van der Waals surface area contributed by atoms with Crippen LogP contribution in [-0.4, -0.2) is 41.2 Å². The van der Waals surface area contributed by atoms with E-state index in [9.17, 15) is 4.79 Å². The summed E-state index contributed by atoms with van der Waals surface area (Å²) in [6.45, 7) is 4.94. The molecule has 0 rings (SSSR count). The van der Waals surface area contributed by atoms with Gasteiger partial charge in [0.15, 0.2) is 0 Å². The lowest BCUT2D eigenvalue weighted by Gasteiger charge is -2.20. The minimum absolute atomic E-state index is 0.0652. The summed E-state index contributed by atoms with van der Waals surface area (Å²) in [5.41, 5.74) is 4.09. The first-order chi connectivity index (χ1) is 6.35. The highest BCUT2D eigenvalue weighted by Crippen LogP contribution is 2.05. The standard InChI is InChI=1S/C8H18N2O4/c1-8(2,3)14-7(13)10-9-4-6(12)5-11/h6,9,11-12H,4-5H2,1-3H3,(H,10,13)/t6-/m0/s1. The smallest absolute Gasteiger partial charge is 0.422 e. The van der Waals surface area contributed by atoms with Crippen molar-refractivity contribution in [2.24, 2.45) is 0 Å². The molecule has 0 saturated carbocycles. The second-order valence-electron chi connectivity index (χ2n) is 3.84. The molecule has 0 aromatic heterocycles. The van der Waals surface area contributed by atoms with Crippen molar-refractivity contribution in [1.29, 1.82) is 0 Å². The van der Waals surface area contributed by atoms with Crippen molar-refractivity contribution in [2.75, 3.05) is 13.2 Å². The molecule has 0 saturated heterocycles. The van der Waals surface area contributed by atoms with Gasteiger partial charge in [-0.2, -0.15) is 0 Å². The fourth-order valence-electron chi connectivity index (χ4n) is 0.609. The summed E-state index contributed by atoms with van der Waals surface area (Å²) in [5.74, 6) is 0. The molecular weight excluding hydrogens is 188 g/mol. The first kappa shape index (κ1) is 13.2. The van der Waals surface area contributed by atoms with Crippen LogP contribution in [0.25, 0.3) is 0 Å². The number of aliphatic hydroxyl groups excluding tert-OH is 2. The molecule has 0 aliphatic carbocycles. The number of aliphatic hydroxyl groups is 2. The molecule has 0 aromatic rings. The Bertz CT molecular complexity index is 179. The van der Waals surface area contributed by atoms with E-state index in [1.54, 1.807) is 20.8 Å². The van der Waals surface area contributed by atoms with E-state index in [1.807, 2.05) is 0 Å². The zero-order chi connectivity index (χ0) is 11.2. The first-order valence-corrected chi connectivity index (χ1v) is 4.36. The van der Waals surface area contributed by atoms with Crippen molar-refractivity contribution in [3.8, 4) is 0 Å². The second-order valence-corrected chi connectivity index (χ2v) is 3.84. The number of rotatable bonds is 4. The summed E-state index contributed by atoms with van der Waals surface area (Å²) in [6.07, 6.45) is -1.52. The molecule has 4 N–H and O–H groups in total. The highest BCUT2D eigenvalue weighted by molar-refractivity contribution is 5.66. The van der Waals surface area contributed by atoms with Gasteiger partial charge < -0.3 is 14.9 Å². The van der Waals surface area contributed by atoms with Gasteiger partial charge in [-0.1, -0.05) is 0 Å². The van der Waals surface area contributed by atoms with Crippen molar-refractivity contribution in [3.05, 3.63) is 0 Å². The topological polar surface area (TPSA) is 90.8 Å². The molecule has 14 heavy (non-hydrogen) atoms. The van der Waals surface area contributed by atoms with Crippen LogP contribution in [0.1, 0.15) is 20.8 Å². The van der Waals surface area contributed by atoms with Crippen LogP contribution in [0.2, 0.25) is 0 Å². The molecule has 0 bridgehead atoms. The average Bonchev–Trinajstić information content (AvgIpc) is 2.00. The Morgan fingerprint density at radius 1 is 1.50 bits per heavy atom. The predicted octanol–water partition coefficient (Wildman–Crippen LogP) is -0.631. The third kappa shape index (κ3) is 7.78.